The van der Waals surface area contributed by atoms with Crippen LogP contribution in [0.3, 0.4) is 0 Å². The van der Waals surface area contributed by atoms with E-state index in [1.165, 1.54) is 12.1 Å². The van der Waals surface area contributed by atoms with Crippen molar-refractivity contribution < 1.29 is 19.1 Å². The van der Waals surface area contributed by atoms with Gasteiger partial charge in [-0.15, -0.1) is 0 Å². The Kier molecular flexibility index (Phi) is 6.10. The van der Waals surface area contributed by atoms with Crippen molar-refractivity contribution in [2.75, 3.05) is 13.1 Å². The number of carbonyl (C=O) groups excluding carboxylic acids is 2. The van der Waals surface area contributed by atoms with Gasteiger partial charge in [0.05, 0.1) is 6.10 Å². The lowest BCUT2D eigenvalue weighted by molar-refractivity contribution is -0.138. The maximum absolute atomic E-state index is 13.6. The number of hydrogen-bond donors (Lipinski definition) is 2. The summed E-state index contributed by atoms with van der Waals surface area (Å²) in [6.45, 7) is 2.44. The number of aliphatic hydroxyl groups is 1. The van der Waals surface area contributed by atoms with E-state index < -0.39 is 18.0 Å². The minimum absolute atomic E-state index is 0.0141. The number of hydrogen-bond acceptors (Lipinski definition) is 3. The van der Waals surface area contributed by atoms with E-state index in [-0.39, 0.29) is 23.9 Å². The van der Waals surface area contributed by atoms with Crippen LogP contribution in [0.25, 0.3) is 0 Å². The van der Waals surface area contributed by atoms with E-state index in [0.717, 1.165) is 12.8 Å². The van der Waals surface area contributed by atoms with Gasteiger partial charge in [0, 0.05) is 25.1 Å². The lowest BCUT2D eigenvalue weighted by atomic mass is 10.1. The molecule has 1 aromatic carbocycles. The Balaban J connectivity index is 1.91. The van der Waals surface area contributed by atoms with Crippen molar-refractivity contribution in [2.24, 2.45) is 0 Å². The summed E-state index contributed by atoms with van der Waals surface area (Å²) in [5, 5.41) is 12.6. The van der Waals surface area contributed by atoms with Crippen LogP contribution in [-0.2, 0) is 9.59 Å². The molecular formula is C17H23FN2O3. The molecular weight excluding hydrogens is 299 g/mol. The minimum atomic E-state index is -1.11. The first kappa shape index (κ1) is 17.4. The highest BCUT2D eigenvalue weighted by Gasteiger charge is 2.33. The third-order valence-electron chi connectivity index (χ3n) is 4.07. The number of amides is 2. The van der Waals surface area contributed by atoms with Crippen molar-refractivity contribution in [1.29, 1.82) is 0 Å². The van der Waals surface area contributed by atoms with Crippen LogP contribution in [0.4, 0.5) is 4.39 Å². The molecule has 1 aliphatic heterocycles. The molecule has 6 heteroatoms. The number of carbonyl (C=O) groups is 2. The first-order chi connectivity index (χ1) is 11.0. The molecule has 0 aromatic heterocycles. The summed E-state index contributed by atoms with van der Waals surface area (Å²) in [6, 6.07) is 5.44. The van der Waals surface area contributed by atoms with Gasteiger partial charge in [-0.1, -0.05) is 25.1 Å². The van der Waals surface area contributed by atoms with E-state index in [2.05, 4.69) is 5.32 Å². The van der Waals surface area contributed by atoms with Crippen LogP contribution in [0.1, 0.15) is 44.3 Å². The van der Waals surface area contributed by atoms with Crippen molar-refractivity contribution >= 4 is 11.8 Å². The Hall–Kier alpha value is -1.95. The molecule has 0 radical (unpaired) electrons. The van der Waals surface area contributed by atoms with E-state index in [1.807, 2.05) is 6.92 Å². The van der Waals surface area contributed by atoms with Gasteiger partial charge in [-0.05, 0) is 25.3 Å². The smallest absolute Gasteiger partial charge is 0.242 e. The molecule has 1 heterocycles. The third kappa shape index (κ3) is 4.28. The van der Waals surface area contributed by atoms with Gasteiger partial charge in [-0.3, -0.25) is 9.59 Å². The van der Waals surface area contributed by atoms with E-state index in [1.54, 1.807) is 17.0 Å². The molecule has 1 aliphatic rings. The Morgan fingerprint density at radius 1 is 1.43 bits per heavy atom. The maximum atomic E-state index is 13.6. The molecule has 1 fully saturated rings. The standard InChI is InChI=1S/C17H23FN2O3/c1-2-6-16(22)20-10-5-9-14(20)17(23)19-11-15(21)12-7-3-4-8-13(12)18/h3-4,7-8,14-15,21H,2,5-6,9-11H2,1H3,(H,19,23). The largest absolute Gasteiger partial charge is 0.386 e. The van der Waals surface area contributed by atoms with Gasteiger partial charge >= 0.3 is 0 Å². The van der Waals surface area contributed by atoms with Crippen molar-refractivity contribution in [3.8, 4) is 0 Å². The van der Waals surface area contributed by atoms with E-state index >= 15 is 0 Å². The molecule has 2 N–H and O–H groups in total. The quantitative estimate of drug-likeness (QED) is 0.838. The molecule has 1 aromatic rings. The zero-order valence-corrected chi connectivity index (χ0v) is 13.3. The molecule has 2 unspecified atom stereocenters. The first-order valence-electron chi connectivity index (χ1n) is 8.04. The highest BCUT2D eigenvalue weighted by Crippen LogP contribution is 2.20. The number of halogens is 1. The summed E-state index contributed by atoms with van der Waals surface area (Å²) in [5.41, 5.74) is 0.151. The number of benzene rings is 1. The highest BCUT2D eigenvalue weighted by atomic mass is 19.1. The molecule has 0 spiro atoms. The summed E-state index contributed by atoms with van der Waals surface area (Å²) in [4.78, 5) is 25.9. The van der Waals surface area contributed by atoms with Crippen LogP contribution in [0.5, 0.6) is 0 Å². The second-order valence-electron chi connectivity index (χ2n) is 5.78. The van der Waals surface area contributed by atoms with Crippen molar-refractivity contribution in [2.45, 2.75) is 44.8 Å². The SMILES string of the molecule is CCCC(=O)N1CCCC1C(=O)NCC(O)c1ccccc1F. The molecule has 2 amide bonds. The number of aliphatic hydroxyl groups excluding tert-OH is 1. The fraction of sp³-hybridized carbons (Fsp3) is 0.529. The molecule has 2 rings (SSSR count). The number of nitrogens with zero attached hydrogens (tertiary/aromatic N) is 1. The number of rotatable bonds is 6. The first-order valence-corrected chi connectivity index (χ1v) is 8.04. The summed E-state index contributed by atoms with van der Waals surface area (Å²) < 4.78 is 13.6. The fourth-order valence-corrected chi connectivity index (χ4v) is 2.87. The van der Waals surface area contributed by atoms with E-state index in [9.17, 15) is 19.1 Å². The van der Waals surface area contributed by atoms with Crippen LogP contribution < -0.4 is 5.32 Å². The average molecular weight is 322 g/mol. The van der Waals surface area contributed by atoms with E-state index in [4.69, 9.17) is 0 Å². The molecule has 5 nitrogen and oxygen atoms in total. The highest BCUT2D eigenvalue weighted by molar-refractivity contribution is 5.88. The van der Waals surface area contributed by atoms with Crippen LogP contribution in [0, 0.1) is 5.82 Å². The molecule has 23 heavy (non-hydrogen) atoms. The average Bonchev–Trinajstić information content (AvgIpc) is 3.02. The lowest BCUT2D eigenvalue weighted by Crippen LogP contribution is -2.46. The normalized spacial score (nSPS) is 18.7. The summed E-state index contributed by atoms with van der Waals surface area (Å²) in [6.07, 6.45) is 1.49. The third-order valence-corrected chi connectivity index (χ3v) is 4.07. The van der Waals surface area contributed by atoms with Crippen molar-refractivity contribution in [1.82, 2.24) is 10.2 Å². The minimum Gasteiger partial charge on any atom is -0.386 e. The number of nitrogens with one attached hydrogen (secondary N) is 1. The zero-order valence-electron chi connectivity index (χ0n) is 13.3. The summed E-state index contributed by atoms with van der Waals surface area (Å²) in [5.74, 6) is -0.808. The van der Waals surface area contributed by atoms with Crippen LogP contribution in [0.15, 0.2) is 24.3 Å². The van der Waals surface area contributed by atoms with Gasteiger partial charge < -0.3 is 15.3 Å². The Morgan fingerprint density at radius 2 is 2.17 bits per heavy atom. The molecule has 0 bridgehead atoms. The Labute approximate surface area is 135 Å². The molecule has 0 aliphatic carbocycles. The zero-order chi connectivity index (χ0) is 16.8. The van der Waals surface area contributed by atoms with Gasteiger partial charge in [0.2, 0.25) is 11.8 Å². The molecule has 0 saturated carbocycles. The summed E-state index contributed by atoms with van der Waals surface area (Å²) >= 11 is 0. The van der Waals surface area contributed by atoms with Gasteiger partial charge in [0.25, 0.3) is 0 Å². The summed E-state index contributed by atoms with van der Waals surface area (Å²) in [7, 11) is 0. The van der Waals surface area contributed by atoms with Crippen molar-refractivity contribution in [3.63, 3.8) is 0 Å². The van der Waals surface area contributed by atoms with Crippen LogP contribution >= 0.6 is 0 Å². The fourth-order valence-electron chi connectivity index (χ4n) is 2.87. The van der Waals surface area contributed by atoms with Gasteiger partial charge in [0.1, 0.15) is 11.9 Å². The lowest BCUT2D eigenvalue weighted by Gasteiger charge is -2.24. The number of likely N-dealkylation sites (tertiary alicyclic amines) is 1. The Morgan fingerprint density at radius 3 is 2.87 bits per heavy atom. The predicted octanol–water partition coefficient (Wildman–Crippen LogP) is 1.77. The second-order valence-corrected chi connectivity index (χ2v) is 5.78. The van der Waals surface area contributed by atoms with Gasteiger partial charge in [-0.2, -0.15) is 0 Å². The van der Waals surface area contributed by atoms with Crippen LogP contribution in [-0.4, -0.2) is 41.0 Å². The van der Waals surface area contributed by atoms with E-state index in [0.29, 0.717) is 19.4 Å². The van der Waals surface area contributed by atoms with Gasteiger partial charge in [0.15, 0.2) is 0 Å². The van der Waals surface area contributed by atoms with Gasteiger partial charge in [-0.25, -0.2) is 4.39 Å². The topological polar surface area (TPSA) is 69.6 Å². The molecule has 1 saturated heterocycles. The van der Waals surface area contributed by atoms with Crippen LogP contribution in [0.2, 0.25) is 0 Å². The maximum Gasteiger partial charge on any atom is 0.242 e. The molecule has 126 valence electrons. The second kappa shape index (κ2) is 8.06. The Bertz CT molecular complexity index is 565. The van der Waals surface area contributed by atoms with Crippen molar-refractivity contribution in [3.05, 3.63) is 35.6 Å². The predicted molar refractivity (Wildman–Crippen MR) is 84.0 cm³/mol. The monoisotopic (exact) mass is 322 g/mol. The molecule has 2 atom stereocenters.